The van der Waals surface area contributed by atoms with Gasteiger partial charge in [-0.25, -0.2) is 0 Å². The zero-order valence-electron chi connectivity index (χ0n) is 20.2. The van der Waals surface area contributed by atoms with E-state index >= 15 is 0 Å². The number of piperidine rings is 1. The Kier molecular flexibility index (Phi) is 7.93. The monoisotopic (exact) mass is 504 g/mol. The van der Waals surface area contributed by atoms with Crippen molar-refractivity contribution in [1.82, 2.24) is 4.90 Å². The predicted molar refractivity (Wildman–Crippen MR) is 146 cm³/mol. The first-order valence-electron chi connectivity index (χ1n) is 12.3. The highest BCUT2D eigenvalue weighted by atomic mass is 35.5. The van der Waals surface area contributed by atoms with Crippen molar-refractivity contribution in [3.63, 3.8) is 0 Å². The van der Waals surface area contributed by atoms with Crippen LogP contribution < -0.4 is 0 Å². The minimum Gasteiger partial charge on any atom is -0.385 e. The number of hydrogen-bond donors (Lipinski definition) is 1. The summed E-state index contributed by atoms with van der Waals surface area (Å²) >= 11 is 1.84. The van der Waals surface area contributed by atoms with E-state index in [1.165, 1.54) is 16.0 Å². The Morgan fingerprint density at radius 3 is 2.26 bits per heavy atom. The smallest absolute Gasteiger partial charge is 0.109 e. The summed E-state index contributed by atoms with van der Waals surface area (Å²) < 4.78 is 0. The number of aliphatic hydroxyl groups is 1. The van der Waals surface area contributed by atoms with Crippen LogP contribution in [0, 0.1) is 18.3 Å². The summed E-state index contributed by atoms with van der Waals surface area (Å²) in [6, 6.07) is 27.9. The van der Waals surface area contributed by atoms with Gasteiger partial charge in [-0.3, -0.25) is 0 Å². The average Bonchev–Trinajstić information content (AvgIpc) is 3.01. The Hall–Kier alpha value is -2.29. The van der Waals surface area contributed by atoms with Gasteiger partial charge in [0, 0.05) is 23.7 Å². The third-order valence-electron chi connectivity index (χ3n) is 7.75. The summed E-state index contributed by atoms with van der Waals surface area (Å²) in [6.45, 7) is 4.80. The Bertz CT molecular complexity index is 1170. The molecule has 0 aromatic heterocycles. The zero-order valence-corrected chi connectivity index (χ0v) is 21.9. The van der Waals surface area contributed by atoms with E-state index in [-0.39, 0.29) is 12.4 Å². The molecule has 0 amide bonds. The van der Waals surface area contributed by atoms with E-state index in [9.17, 15) is 10.4 Å². The van der Waals surface area contributed by atoms with Gasteiger partial charge >= 0.3 is 0 Å². The van der Waals surface area contributed by atoms with Crippen molar-refractivity contribution >= 4 is 24.2 Å². The van der Waals surface area contributed by atoms with Crippen molar-refractivity contribution in [2.45, 2.75) is 54.3 Å². The van der Waals surface area contributed by atoms with Crippen LogP contribution in [0.5, 0.6) is 0 Å². The van der Waals surface area contributed by atoms with Crippen LogP contribution in [0.25, 0.3) is 0 Å². The van der Waals surface area contributed by atoms with Gasteiger partial charge in [0.15, 0.2) is 0 Å². The van der Waals surface area contributed by atoms with Crippen LogP contribution in [0.1, 0.15) is 53.5 Å². The van der Waals surface area contributed by atoms with Crippen LogP contribution in [0.2, 0.25) is 0 Å². The van der Waals surface area contributed by atoms with Gasteiger partial charge in [-0.05, 0) is 73.0 Å². The number of nitrogens with zero attached hydrogens (tertiary/aromatic N) is 2. The molecular formula is C30H33ClN2OS. The first-order valence-corrected chi connectivity index (χ1v) is 13.3. The molecule has 2 aliphatic rings. The lowest BCUT2D eigenvalue weighted by Gasteiger charge is -2.39. The van der Waals surface area contributed by atoms with Gasteiger partial charge in [-0.1, -0.05) is 66.7 Å². The topological polar surface area (TPSA) is 47.3 Å². The molecule has 3 aromatic carbocycles. The number of likely N-dealkylation sites (tertiary alicyclic amines) is 1. The van der Waals surface area contributed by atoms with E-state index in [4.69, 9.17) is 0 Å². The molecular weight excluding hydrogens is 472 g/mol. The van der Waals surface area contributed by atoms with Gasteiger partial charge in [0.25, 0.3) is 0 Å². The molecule has 1 unspecified atom stereocenters. The Labute approximate surface area is 219 Å². The van der Waals surface area contributed by atoms with Crippen molar-refractivity contribution in [2.24, 2.45) is 0 Å². The van der Waals surface area contributed by atoms with E-state index in [0.29, 0.717) is 0 Å². The van der Waals surface area contributed by atoms with E-state index in [2.05, 4.69) is 78.6 Å². The average molecular weight is 505 g/mol. The second kappa shape index (κ2) is 10.8. The molecule has 2 aliphatic heterocycles. The Morgan fingerprint density at radius 2 is 1.54 bits per heavy atom. The molecule has 1 N–H and O–H groups in total. The largest absolute Gasteiger partial charge is 0.385 e. The molecule has 182 valence electrons. The maximum atomic E-state index is 11.3. The number of rotatable bonds is 5. The number of halogens is 1. The van der Waals surface area contributed by atoms with Gasteiger partial charge < -0.3 is 10.0 Å². The number of benzene rings is 3. The first-order chi connectivity index (χ1) is 16.6. The highest BCUT2D eigenvalue weighted by Gasteiger charge is 2.40. The van der Waals surface area contributed by atoms with Crippen molar-refractivity contribution in [3.05, 3.63) is 101 Å². The molecule has 5 rings (SSSR count). The number of thioether (sulfide) groups is 1. The SMILES string of the molecule is Cc1ccccc1C1(O)CCN(CCCC2(C#N)c3ccccc3CSc3ccccc32)CC1.Cl. The molecule has 0 spiro atoms. The Morgan fingerprint density at radius 1 is 0.914 bits per heavy atom. The molecule has 1 saturated heterocycles. The van der Waals surface area contributed by atoms with Gasteiger partial charge in [0.2, 0.25) is 0 Å². The summed E-state index contributed by atoms with van der Waals surface area (Å²) in [5, 5.41) is 21.9. The highest BCUT2D eigenvalue weighted by molar-refractivity contribution is 7.98. The summed E-state index contributed by atoms with van der Waals surface area (Å²) in [4.78, 5) is 3.68. The lowest BCUT2D eigenvalue weighted by Crippen LogP contribution is -2.43. The molecule has 2 heterocycles. The van der Waals surface area contributed by atoms with E-state index in [0.717, 1.165) is 67.8 Å². The molecule has 1 fully saturated rings. The molecule has 0 radical (unpaired) electrons. The van der Waals surface area contributed by atoms with E-state index in [1.807, 2.05) is 23.9 Å². The van der Waals surface area contributed by atoms with Gasteiger partial charge in [-0.2, -0.15) is 5.26 Å². The summed E-state index contributed by atoms with van der Waals surface area (Å²) in [6.07, 6.45) is 3.26. The normalized spacial score (nSPS) is 21.1. The standard InChI is InChI=1S/C30H32N2OS.ClH/c1-23-9-2-4-11-25(23)30(33)16-19-32(20-17-30)18-8-15-29(22-31)26-12-5-3-10-24(26)21-34-28-14-7-6-13-27(28)29;/h2-7,9-14,33H,8,15-21H2,1H3;1H. The summed E-state index contributed by atoms with van der Waals surface area (Å²) in [5.41, 5.74) is 4.48. The number of nitriles is 1. The molecule has 5 heteroatoms. The van der Waals surface area contributed by atoms with Crippen LogP contribution in [-0.2, 0) is 16.8 Å². The first kappa shape index (κ1) is 25.8. The third-order valence-corrected chi connectivity index (χ3v) is 8.88. The molecule has 35 heavy (non-hydrogen) atoms. The lowest BCUT2D eigenvalue weighted by atomic mass is 9.71. The molecule has 0 bridgehead atoms. The van der Waals surface area contributed by atoms with Gasteiger partial charge in [0.1, 0.15) is 5.41 Å². The zero-order chi connectivity index (χ0) is 23.6. The minimum absolute atomic E-state index is 0. The van der Waals surface area contributed by atoms with Gasteiger partial charge in [0.05, 0.1) is 11.7 Å². The lowest BCUT2D eigenvalue weighted by molar-refractivity contribution is -0.0266. The highest BCUT2D eigenvalue weighted by Crippen LogP contribution is 2.46. The number of fused-ring (bicyclic) bond motifs is 2. The van der Waals surface area contributed by atoms with Crippen LogP contribution in [0.3, 0.4) is 0 Å². The quantitative estimate of drug-likeness (QED) is 0.425. The fourth-order valence-corrected chi connectivity index (χ4v) is 6.97. The van der Waals surface area contributed by atoms with Crippen molar-refractivity contribution in [1.29, 1.82) is 5.26 Å². The second-order valence-electron chi connectivity index (χ2n) is 9.75. The third kappa shape index (κ3) is 4.88. The van der Waals surface area contributed by atoms with E-state index < -0.39 is 11.0 Å². The predicted octanol–water partition coefficient (Wildman–Crippen LogP) is 6.60. The molecule has 3 aromatic rings. The fourth-order valence-electron chi connectivity index (χ4n) is 5.83. The molecule has 0 saturated carbocycles. The van der Waals surface area contributed by atoms with Crippen molar-refractivity contribution in [3.8, 4) is 6.07 Å². The second-order valence-corrected chi connectivity index (χ2v) is 10.8. The molecule has 3 nitrogen and oxygen atoms in total. The van der Waals surface area contributed by atoms with Crippen LogP contribution in [0.4, 0.5) is 0 Å². The molecule has 1 atom stereocenters. The maximum Gasteiger partial charge on any atom is 0.109 e. The fraction of sp³-hybridized carbons (Fsp3) is 0.367. The molecule has 0 aliphatic carbocycles. The van der Waals surface area contributed by atoms with Crippen LogP contribution >= 0.6 is 24.2 Å². The minimum atomic E-state index is -0.730. The van der Waals surface area contributed by atoms with Crippen LogP contribution in [0.15, 0.2) is 77.7 Å². The van der Waals surface area contributed by atoms with Crippen LogP contribution in [-0.4, -0.2) is 29.6 Å². The Balaban J connectivity index is 0.00000289. The number of hydrogen-bond acceptors (Lipinski definition) is 4. The summed E-state index contributed by atoms with van der Waals surface area (Å²) in [7, 11) is 0. The summed E-state index contributed by atoms with van der Waals surface area (Å²) in [5.74, 6) is 0.903. The van der Waals surface area contributed by atoms with Crippen molar-refractivity contribution in [2.75, 3.05) is 19.6 Å². The van der Waals surface area contributed by atoms with Gasteiger partial charge in [-0.15, -0.1) is 24.2 Å². The van der Waals surface area contributed by atoms with Crippen molar-refractivity contribution < 1.29 is 5.11 Å². The van der Waals surface area contributed by atoms with E-state index in [1.54, 1.807) is 0 Å². The maximum absolute atomic E-state index is 11.3. The number of aryl methyl sites for hydroxylation is 1.